The van der Waals surface area contributed by atoms with Gasteiger partial charge in [-0.2, -0.15) is 0 Å². The summed E-state index contributed by atoms with van der Waals surface area (Å²) < 4.78 is 16.2. The van der Waals surface area contributed by atoms with Crippen molar-refractivity contribution in [2.45, 2.75) is 6.54 Å². The van der Waals surface area contributed by atoms with Crippen LogP contribution in [0.5, 0.6) is 17.2 Å². The smallest absolute Gasteiger partial charge is 0.137 e. The Kier molecular flexibility index (Phi) is 5.09. The van der Waals surface area contributed by atoms with E-state index in [4.69, 9.17) is 25.8 Å². The molecule has 3 rings (SSSR count). The number of fused-ring (bicyclic) bond motifs is 1. The fraction of sp³-hybridized carbons (Fsp3) is 0.222. The topological polar surface area (TPSA) is 65.5 Å². The number of rotatable bonds is 6. The molecule has 0 saturated heterocycles. The minimum absolute atomic E-state index is 0.463. The average Bonchev–Trinajstić information content (AvgIpc) is 2.65. The molecule has 0 saturated carbocycles. The number of anilines is 1. The van der Waals surface area contributed by atoms with E-state index in [9.17, 15) is 0 Å². The van der Waals surface area contributed by atoms with E-state index in [1.807, 2.05) is 24.3 Å². The normalized spacial score (nSPS) is 10.6. The van der Waals surface area contributed by atoms with Gasteiger partial charge in [0, 0.05) is 29.1 Å². The number of ether oxygens (including phenoxy) is 3. The minimum atomic E-state index is 0.463. The maximum Gasteiger partial charge on any atom is 0.137 e. The van der Waals surface area contributed by atoms with Crippen LogP contribution < -0.4 is 19.5 Å². The van der Waals surface area contributed by atoms with E-state index < -0.39 is 0 Å². The van der Waals surface area contributed by atoms with Crippen molar-refractivity contribution in [3.05, 3.63) is 47.2 Å². The van der Waals surface area contributed by atoms with Crippen LogP contribution in [0.1, 0.15) is 5.56 Å². The van der Waals surface area contributed by atoms with Crippen molar-refractivity contribution in [2.24, 2.45) is 0 Å². The maximum absolute atomic E-state index is 6.03. The van der Waals surface area contributed by atoms with Crippen LogP contribution in [0.25, 0.3) is 10.9 Å². The third kappa shape index (κ3) is 3.53. The SMILES string of the molecule is COc1cc(OC)c(CNc2ncnc3cc(Cl)ccc23)c(OC)c1. The maximum atomic E-state index is 6.03. The quantitative estimate of drug-likeness (QED) is 0.719. The summed E-state index contributed by atoms with van der Waals surface area (Å²) in [7, 11) is 4.82. The summed E-state index contributed by atoms with van der Waals surface area (Å²) >= 11 is 6.03. The molecule has 2 aromatic carbocycles. The van der Waals surface area contributed by atoms with Crippen LogP contribution in [0.15, 0.2) is 36.7 Å². The number of hydrogen-bond acceptors (Lipinski definition) is 6. The Labute approximate surface area is 150 Å². The molecule has 0 aliphatic rings. The van der Waals surface area contributed by atoms with E-state index in [2.05, 4.69) is 15.3 Å². The Balaban J connectivity index is 1.94. The van der Waals surface area contributed by atoms with Gasteiger partial charge in [0.25, 0.3) is 0 Å². The van der Waals surface area contributed by atoms with E-state index in [-0.39, 0.29) is 0 Å². The fourth-order valence-electron chi connectivity index (χ4n) is 2.60. The second kappa shape index (κ2) is 7.44. The van der Waals surface area contributed by atoms with Crippen LogP contribution in [0.2, 0.25) is 5.02 Å². The van der Waals surface area contributed by atoms with E-state index in [1.165, 1.54) is 6.33 Å². The number of nitrogens with zero attached hydrogens (tertiary/aromatic N) is 2. The third-order valence-electron chi connectivity index (χ3n) is 3.85. The van der Waals surface area contributed by atoms with Crippen LogP contribution >= 0.6 is 11.6 Å². The van der Waals surface area contributed by atoms with Gasteiger partial charge in [0.15, 0.2) is 0 Å². The molecule has 0 bridgehead atoms. The Hall–Kier alpha value is -2.73. The molecule has 0 aliphatic heterocycles. The lowest BCUT2D eigenvalue weighted by Gasteiger charge is -2.16. The Morgan fingerprint density at radius 3 is 2.32 bits per heavy atom. The molecule has 0 unspecified atom stereocenters. The highest BCUT2D eigenvalue weighted by Gasteiger charge is 2.14. The van der Waals surface area contributed by atoms with Crippen LogP contribution in [0, 0.1) is 0 Å². The van der Waals surface area contributed by atoms with Gasteiger partial charge in [-0.3, -0.25) is 0 Å². The second-order valence-electron chi connectivity index (χ2n) is 5.25. The first-order valence-corrected chi connectivity index (χ1v) is 7.97. The third-order valence-corrected chi connectivity index (χ3v) is 4.08. The molecule has 1 heterocycles. The number of aromatic nitrogens is 2. The van der Waals surface area contributed by atoms with Gasteiger partial charge in [0.1, 0.15) is 29.4 Å². The molecule has 0 spiro atoms. The van der Waals surface area contributed by atoms with Gasteiger partial charge in [-0.1, -0.05) is 11.6 Å². The molecule has 25 heavy (non-hydrogen) atoms. The molecule has 1 aromatic heterocycles. The molecule has 3 aromatic rings. The summed E-state index contributed by atoms with van der Waals surface area (Å²) in [6.07, 6.45) is 1.50. The highest BCUT2D eigenvalue weighted by Crippen LogP contribution is 2.34. The van der Waals surface area contributed by atoms with Gasteiger partial charge >= 0.3 is 0 Å². The van der Waals surface area contributed by atoms with E-state index in [1.54, 1.807) is 27.4 Å². The zero-order valence-electron chi connectivity index (χ0n) is 14.2. The average molecular weight is 360 g/mol. The highest BCUT2D eigenvalue weighted by atomic mass is 35.5. The summed E-state index contributed by atoms with van der Waals surface area (Å²) in [4.78, 5) is 8.57. The van der Waals surface area contributed by atoms with Gasteiger partial charge in [0.2, 0.25) is 0 Å². The van der Waals surface area contributed by atoms with Crippen LogP contribution in [0.4, 0.5) is 5.82 Å². The van der Waals surface area contributed by atoms with Gasteiger partial charge in [-0.15, -0.1) is 0 Å². The number of methoxy groups -OCH3 is 3. The molecular weight excluding hydrogens is 342 g/mol. The first-order valence-electron chi connectivity index (χ1n) is 7.59. The molecule has 130 valence electrons. The van der Waals surface area contributed by atoms with Crippen molar-refractivity contribution in [2.75, 3.05) is 26.6 Å². The first-order chi connectivity index (χ1) is 12.2. The zero-order valence-corrected chi connectivity index (χ0v) is 14.9. The first kappa shape index (κ1) is 17.1. The van der Waals surface area contributed by atoms with Crippen LogP contribution in [-0.4, -0.2) is 31.3 Å². The number of hydrogen-bond donors (Lipinski definition) is 1. The van der Waals surface area contributed by atoms with Crippen molar-refractivity contribution in [1.82, 2.24) is 9.97 Å². The van der Waals surface area contributed by atoms with Crippen molar-refractivity contribution in [3.63, 3.8) is 0 Å². The van der Waals surface area contributed by atoms with Crippen LogP contribution in [0.3, 0.4) is 0 Å². The molecule has 7 heteroatoms. The Bertz CT molecular complexity index is 877. The van der Waals surface area contributed by atoms with Crippen molar-refractivity contribution in [1.29, 1.82) is 0 Å². The number of nitrogens with one attached hydrogen (secondary N) is 1. The molecular formula is C18H18ClN3O3. The van der Waals surface area contributed by atoms with E-state index in [0.29, 0.717) is 34.6 Å². The number of benzene rings is 2. The summed E-state index contributed by atoms with van der Waals surface area (Å²) in [5, 5.41) is 4.84. The lowest BCUT2D eigenvalue weighted by Crippen LogP contribution is -2.06. The summed E-state index contributed by atoms with van der Waals surface area (Å²) in [5.41, 5.74) is 1.64. The lowest BCUT2D eigenvalue weighted by molar-refractivity contribution is 0.369. The Morgan fingerprint density at radius 2 is 1.68 bits per heavy atom. The van der Waals surface area contributed by atoms with Gasteiger partial charge < -0.3 is 19.5 Å². The monoisotopic (exact) mass is 359 g/mol. The minimum Gasteiger partial charge on any atom is -0.496 e. The van der Waals surface area contributed by atoms with Gasteiger partial charge in [0.05, 0.1) is 32.4 Å². The zero-order chi connectivity index (χ0) is 17.8. The predicted molar refractivity (Wildman–Crippen MR) is 98.0 cm³/mol. The number of halogens is 1. The lowest BCUT2D eigenvalue weighted by atomic mass is 10.1. The molecule has 0 aliphatic carbocycles. The molecule has 1 N–H and O–H groups in total. The van der Waals surface area contributed by atoms with Crippen molar-refractivity contribution >= 4 is 28.3 Å². The molecule has 0 fully saturated rings. The Morgan fingerprint density at radius 1 is 0.960 bits per heavy atom. The standard InChI is InChI=1S/C18H18ClN3O3/c1-23-12-7-16(24-2)14(17(8-12)25-3)9-20-18-13-5-4-11(19)6-15(13)21-10-22-18/h4-8,10H,9H2,1-3H3,(H,20,21,22). The molecule has 0 amide bonds. The van der Waals surface area contributed by atoms with Crippen molar-refractivity contribution < 1.29 is 14.2 Å². The fourth-order valence-corrected chi connectivity index (χ4v) is 2.76. The van der Waals surface area contributed by atoms with Crippen molar-refractivity contribution in [3.8, 4) is 17.2 Å². The highest BCUT2D eigenvalue weighted by molar-refractivity contribution is 6.31. The summed E-state index contributed by atoms with van der Waals surface area (Å²) in [5.74, 6) is 2.72. The predicted octanol–water partition coefficient (Wildman–Crippen LogP) is 3.92. The summed E-state index contributed by atoms with van der Waals surface area (Å²) in [6, 6.07) is 9.14. The largest absolute Gasteiger partial charge is 0.496 e. The van der Waals surface area contributed by atoms with E-state index in [0.717, 1.165) is 16.5 Å². The molecule has 6 nitrogen and oxygen atoms in total. The molecule has 0 radical (unpaired) electrons. The van der Waals surface area contributed by atoms with Gasteiger partial charge in [-0.25, -0.2) is 9.97 Å². The second-order valence-corrected chi connectivity index (χ2v) is 5.68. The van der Waals surface area contributed by atoms with Crippen LogP contribution in [-0.2, 0) is 6.54 Å². The molecule has 0 atom stereocenters. The summed E-state index contributed by atoms with van der Waals surface area (Å²) in [6.45, 7) is 0.463. The van der Waals surface area contributed by atoms with Gasteiger partial charge in [-0.05, 0) is 18.2 Å². The van der Waals surface area contributed by atoms with E-state index >= 15 is 0 Å².